The maximum Gasteiger partial charge on any atom is 0.273 e. The number of hydrogen-bond donors (Lipinski definition) is 2. The van der Waals surface area contributed by atoms with E-state index in [4.69, 9.17) is 4.52 Å². The smallest absolute Gasteiger partial charge is 0.273 e. The van der Waals surface area contributed by atoms with Crippen molar-refractivity contribution in [2.75, 3.05) is 13.6 Å². The molecule has 3 aromatic rings. The monoisotopic (exact) mass is 365 g/mol. The van der Waals surface area contributed by atoms with E-state index in [1.165, 1.54) is 5.56 Å². The molecule has 2 aromatic carbocycles. The molecule has 2 N–H and O–H groups in total. The highest BCUT2D eigenvalue weighted by atomic mass is 16.5. The molecule has 0 spiro atoms. The van der Waals surface area contributed by atoms with Crippen LogP contribution in [0.2, 0.25) is 0 Å². The molecule has 1 unspecified atom stereocenters. The Balaban J connectivity index is 1.50. The molecule has 0 aliphatic carbocycles. The van der Waals surface area contributed by atoms with E-state index in [0.29, 0.717) is 12.3 Å². The van der Waals surface area contributed by atoms with Crippen molar-refractivity contribution in [3.8, 4) is 0 Å². The summed E-state index contributed by atoms with van der Waals surface area (Å²) in [4.78, 5) is 14.3. The lowest BCUT2D eigenvalue weighted by Crippen LogP contribution is -2.28. The SMILES string of the molecule is CN(Cc1ccccc1)Cc1cc(C(=O)NCC(O)c2ccccc2)no1. The van der Waals surface area contributed by atoms with Crippen molar-refractivity contribution in [3.63, 3.8) is 0 Å². The Labute approximate surface area is 158 Å². The Kier molecular flexibility index (Phi) is 6.35. The van der Waals surface area contributed by atoms with Crippen LogP contribution in [0.4, 0.5) is 0 Å². The van der Waals surface area contributed by atoms with Gasteiger partial charge in [-0.3, -0.25) is 9.69 Å². The van der Waals surface area contributed by atoms with Gasteiger partial charge >= 0.3 is 0 Å². The fourth-order valence-electron chi connectivity index (χ4n) is 2.78. The number of aliphatic hydroxyl groups excluding tert-OH is 1. The van der Waals surface area contributed by atoms with Gasteiger partial charge < -0.3 is 14.9 Å². The maximum absolute atomic E-state index is 12.2. The average molecular weight is 365 g/mol. The minimum Gasteiger partial charge on any atom is -0.387 e. The molecule has 0 aliphatic heterocycles. The van der Waals surface area contributed by atoms with Crippen LogP contribution in [-0.4, -0.2) is 34.7 Å². The molecule has 1 amide bonds. The fourth-order valence-corrected chi connectivity index (χ4v) is 2.78. The molecule has 6 nitrogen and oxygen atoms in total. The minimum atomic E-state index is -0.765. The third-order valence-corrected chi connectivity index (χ3v) is 4.15. The van der Waals surface area contributed by atoms with E-state index >= 15 is 0 Å². The molecule has 27 heavy (non-hydrogen) atoms. The van der Waals surface area contributed by atoms with Gasteiger partial charge in [0, 0.05) is 19.2 Å². The summed E-state index contributed by atoms with van der Waals surface area (Å²) in [5, 5.41) is 16.6. The zero-order valence-electron chi connectivity index (χ0n) is 15.2. The zero-order valence-corrected chi connectivity index (χ0v) is 15.2. The average Bonchev–Trinajstić information content (AvgIpc) is 3.15. The van der Waals surface area contributed by atoms with Crippen molar-refractivity contribution in [1.82, 2.24) is 15.4 Å². The van der Waals surface area contributed by atoms with Crippen LogP contribution >= 0.6 is 0 Å². The van der Waals surface area contributed by atoms with E-state index in [0.717, 1.165) is 12.1 Å². The van der Waals surface area contributed by atoms with Crippen molar-refractivity contribution in [2.45, 2.75) is 19.2 Å². The summed E-state index contributed by atoms with van der Waals surface area (Å²) in [5.41, 5.74) is 2.16. The number of benzene rings is 2. The Morgan fingerprint density at radius 2 is 1.78 bits per heavy atom. The number of nitrogens with one attached hydrogen (secondary N) is 1. The van der Waals surface area contributed by atoms with Crippen LogP contribution in [0.25, 0.3) is 0 Å². The Morgan fingerprint density at radius 1 is 1.11 bits per heavy atom. The van der Waals surface area contributed by atoms with E-state index in [2.05, 4.69) is 27.5 Å². The van der Waals surface area contributed by atoms with Gasteiger partial charge in [-0.15, -0.1) is 0 Å². The summed E-state index contributed by atoms with van der Waals surface area (Å²) in [6, 6.07) is 20.9. The van der Waals surface area contributed by atoms with Crippen molar-refractivity contribution >= 4 is 5.91 Å². The number of carbonyl (C=O) groups excluding carboxylic acids is 1. The standard InChI is InChI=1S/C21H23N3O3/c1-24(14-16-8-4-2-5-9-16)15-18-12-19(23-27-18)21(26)22-13-20(25)17-10-6-3-7-11-17/h2-12,20,25H,13-15H2,1H3,(H,22,26). The van der Waals surface area contributed by atoms with E-state index in [-0.39, 0.29) is 18.1 Å². The predicted octanol–water partition coefficient (Wildman–Crippen LogP) is 2.77. The van der Waals surface area contributed by atoms with Gasteiger partial charge in [0.2, 0.25) is 0 Å². The van der Waals surface area contributed by atoms with Gasteiger partial charge in [-0.25, -0.2) is 0 Å². The van der Waals surface area contributed by atoms with E-state index < -0.39 is 6.10 Å². The quantitative estimate of drug-likeness (QED) is 0.642. The highest BCUT2D eigenvalue weighted by molar-refractivity contribution is 5.92. The highest BCUT2D eigenvalue weighted by Gasteiger charge is 2.15. The molecule has 0 saturated heterocycles. The van der Waals surface area contributed by atoms with Crippen molar-refractivity contribution in [2.24, 2.45) is 0 Å². The summed E-state index contributed by atoms with van der Waals surface area (Å²) >= 11 is 0. The van der Waals surface area contributed by atoms with E-state index in [9.17, 15) is 9.90 Å². The number of nitrogens with zero attached hydrogens (tertiary/aromatic N) is 2. The first-order valence-corrected chi connectivity index (χ1v) is 8.81. The largest absolute Gasteiger partial charge is 0.387 e. The first-order valence-electron chi connectivity index (χ1n) is 8.81. The number of amides is 1. The first-order chi connectivity index (χ1) is 13.1. The molecule has 3 rings (SSSR count). The molecule has 0 aliphatic rings. The van der Waals surface area contributed by atoms with E-state index in [1.54, 1.807) is 6.07 Å². The van der Waals surface area contributed by atoms with Crippen LogP contribution in [0.5, 0.6) is 0 Å². The second-order valence-electron chi connectivity index (χ2n) is 6.47. The topological polar surface area (TPSA) is 78.6 Å². The van der Waals surface area contributed by atoms with Crippen LogP contribution in [0.1, 0.15) is 33.5 Å². The van der Waals surface area contributed by atoms with Gasteiger partial charge in [0.1, 0.15) is 0 Å². The van der Waals surface area contributed by atoms with Gasteiger partial charge in [-0.2, -0.15) is 0 Å². The number of rotatable bonds is 8. The molecular formula is C21H23N3O3. The molecule has 1 atom stereocenters. The molecular weight excluding hydrogens is 342 g/mol. The number of hydrogen-bond acceptors (Lipinski definition) is 5. The lowest BCUT2D eigenvalue weighted by Gasteiger charge is -2.14. The van der Waals surface area contributed by atoms with Crippen LogP contribution in [0.15, 0.2) is 71.3 Å². The second kappa shape index (κ2) is 9.12. The third kappa shape index (κ3) is 5.51. The third-order valence-electron chi connectivity index (χ3n) is 4.15. The number of carbonyl (C=O) groups is 1. The molecule has 0 radical (unpaired) electrons. The van der Waals surface area contributed by atoms with Gasteiger partial charge in [-0.1, -0.05) is 65.8 Å². The summed E-state index contributed by atoms with van der Waals surface area (Å²) in [6.07, 6.45) is -0.765. The van der Waals surface area contributed by atoms with Gasteiger partial charge in [0.05, 0.1) is 12.6 Å². The van der Waals surface area contributed by atoms with Crippen LogP contribution in [0, 0.1) is 0 Å². The number of aromatic nitrogens is 1. The van der Waals surface area contributed by atoms with Crippen LogP contribution in [0.3, 0.4) is 0 Å². The fraction of sp³-hybridized carbons (Fsp3) is 0.238. The Bertz CT molecular complexity index is 849. The van der Waals surface area contributed by atoms with Gasteiger partial charge in [-0.05, 0) is 18.2 Å². The first kappa shape index (κ1) is 18.8. The lowest BCUT2D eigenvalue weighted by atomic mass is 10.1. The Morgan fingerprint density at radius 3 is 2.48 bits per heavy atom. The highest BCUT2D eigenvalue weighted by Crippen LogP contribution is 2.12. The molecule has 0 bridgehead atoms. The summed E-state index contributed by atoms with van der Waals surface area (Å²) < 4.78 is 5.27. The summed E-state index contributed by atoms with van der Waals surface area (Å²) in [7, 11) is 1.98. The van der Waals surface area contributed by atoms with Gasteiger partial charge in [0.25, 0.3) is 5.91 Å². The lowest BCUT2D eigenvalue weighted by molar-refractivity contribution is 0.0907. The van der Waals surface area contributed by atoms with Crippen molar-refractivity contribution in [3.05, 3.63) is 89.3 Å². The van der Waals surface area contributed by atoms with Gasteiger partial charge in [0.15, 0.2) is 11.5 Å². The molecule has 0 fully saturated rings. The summed E-state index contributed by atoms with van der Waals surface area (Å²) in [6.45, 7) is 1.42. The maximum atomic E-state index is 12.2. The number of aliphatic hydroxyl groups is 1. The Hall–Kier alpha value is -2.96. The molecule has 6 heteroatoms. The molecule has 1 aromatic heterocycles. The zero-order chi connectivity index (χ0) is 19.1. The molecule has 0 saturated carbocycles. The van der Waals surface area contributed by atoms with E-state index in [1.807, 2.05) is 55.6 Å². The second-order valence-corrected chi connectivity index (χ2v) is 6.47. The molecule has 1 heterocycles. The minimum absolute atomic E-state index is 0.110. The van der Waals surface area contributed by atoms with Crippen molar-refractivity contribution < 1.29 is 14.4 Å². The normalized spacial score (nSPS) is 12.1. The summed E-state index contributed by atoms with van der Waals surface area (Å²) in [5.74, 6) is 0.243. The molecule has 140 valence electrons. The van der Waals surface area contributed by atoms with Crippen molar-refractivity contribution in [1.29, 1.82) is 0 Å². The van der Waals surface area contributed by atoms with Crippen LogP contribution in [-0.2, 0) is 13.1 Å². The predicted molar refractivity (Wildman–Crippen MR) is 102 cm³/mol. The van der Waals surface area contributed by atoms with Crippen LogP contribution < -0.4 is 5.32 Å².